The molecule has 118 valence electrons. The Bertz CT molecular complexity index is 681. The molecule has 2 heterocycles. The average Bonchev–Trinajstić information content (AvgIpc) is 2.99. The highest BCUT2D eigenvalue weighted by atomic mass is 16.5. The predicted molar refractivity (Wildman–Crippen MR) is 77.7 cm³/mol. The number of hydrogen-bond donors (Lipinski definition) is 1. The number of hydrogen-bond acceptors (Lipinski definition) is 6. The van der Waals surface area contributed by atoms with Crippen LogP contribution in [-0.2, 0) is 14.9 Å². The molecule has 0 saturated heterocycles. The number of aliphatic hydroxyl groups excluding tert-OH is 1. The van der Waals surface area contributed by atoms with Gasteiger partial charge in [0.25, 0.3) is 5.91 Å². The van der Waals surface area contributed by atoms with Crippen LogP contribution in [0.15, 0.2) is 15.9 Å². The maximum Gasteiger partial charge on any atom is 0.297 e. The number of rotatable bonds is 4. The van der Waals surface area contributed by atoms with Gasteiger partial charge in [0.15, 0.2) is 23.6 Å². The van der Waals surface area contributed by atoms with Gasteiger partial charge < -0.3 is 14.4 Å². The van der Waals surface area contributed by atoms with Crippen molar-refractivity contribution in [3.8, 4) is 6.07 Å². The molecule has 1 N–H and O–H groups in total. The minimum atomic E-state index is -1.22. The van der Waals surface area contributed by atoms with E-state index in [1.807, 2.05) is 26.8 Å². The molecule has 1 aliphatic rings. The molecule has 1 aromatic rings. The SMILES string of the molecule is CCC(C)(C)c1onc(N2C(=O)C(OC)=C(C)C2O)c1C#N. The summed E-state index contributed by atoms with van der Waals surface area (Å²) in [6.07, 6.45) is -0.495. The van der Waals surface area contributed by atoms with Crippen molar-refractivity contribution in [3.05, 3.63) is 22.7 Å². The molecule has 1 aromatic heterocycles. The largest absolute Gasteiger partial charge is 0.491 e. The summed E-state index contributed by atoms with van der Waals surface area (Å²) in [5.41, 5.74) is 0.122. The lowest BCUT2D eigenvalue weighted by molar-refractivity contribution is -0.118. The summed E-state index contributed by atoms with van der Waals surface area (Å²) < 4.78 is 10.3. The lowest BCUT2D eigenvalue weighted by Crippen LogP contribution is -2.36. The quantitative estimate of drug-likeness (QED) is 0.910. The van der Waals surface area contributed by atoms with Crippen molar-refractivity contribution < 1.29 is 19.2 Å². The van der Waals surface area contributed by atoms with Crippen LogP contribution in [0.3, 0.4) is 0 Å². The van der Waals surface area contributed by atoms with Crippen molar-refractivity contribution in [1.82, 2.24) is 5.16 Å². The summed E-state index contributed by atoms with van der Waals surface area (Å²) in [4.78, 5) is 13.4. The Morgan fingerprint density at radius 1 is 1.55 bits per heavy atom. The Morgan fingerprint density at radius 2 is 2.18 bits per heavy atom. The molecule has 0 fully saturated rings. The van der Waals surface area contributed by atoms with E-state index in [-0.39, 0.29) is 17.1 Å². The van der Waals surface area contributed by atoms with Crippen molar-refractivity contribution in [2.24, 2.45) is 0 Å². The normalized spacial score (nSPS) is 18.9. The molecule has 0 aliphatic carbocycles. The molecule has 0 radical (unpaired) electrons. The highest BCUT2D eigenvalue weighted by Crippen LogP contribution is 2.37. The fourth-order valence-electron chi connectivity index (χ4n) is 2.33. The van der Waals surface area contributed by atoms with Crippen LogP contribution >= 0.6 is 0 Å². The Balaban J connectivity index is 2.53. The lowest BCUT2D eigenvalue weighted by atomic mass is 9.85. The minimum absolute atomic E-state index is 0.0166. The van der Waals surface area contributed by atoms with Crippen LogP contribution < -0.4 is 4.90 Å². The second kappa shape index (κ2) is 5.46. The van der Waals surface area contributed by atoms with Gasteiger partial charge >= 0.3 is 0 Å². The van der Waals surface area contributed by atoms with Crippen LogP contribution in [0.25, 0.3) is 0 Å². The lowest BCUT2D eigenvalue weighted by Gasteiger charge is -2.20. The highest BCUT2D eigenvalue weighted by Gasteiger charge is 2.42. The van der Waals surface area contributed by atoms with Crippen LogP contribution in [0.4, 0.5) is 5.82 Å². The zero-order valence-corrected chi connectivity index (χ0v) is 13.3. The molecule has 0 bridgehead atoms. The van der Waals surface area contributed by atoms with Gasteiger partial charge in [-0.25, -0.2) is 0 Å². The number of carbonyl (C=O) groups excluding carboxylic acids is 1. The number of nitrogens with zero attached hydrogens (tertiary/aromatic N) is 3. The maximum atomic E-state index is 12.3. The first-order valence-corrected chi connectivity index (χ1v) is 6.96. The monoisotopic (exact) mass is 305 g/mol. The van der Waals surface area contributed by atoms with Crippen LogP contribution in [-0.4, -0.2) is 29.5 Å². The molecular weight excluding hydrogens is 286 g/mol. The fourth-order valence-corrected chi connectivity index (χ4v) is 2.33. The molecular formula is C15H19N3O4. The number of nitriles is 1. The molecule has 7 nitrogen and oxygen atoms in total. The van der Waals surface area contributed by atoms with Crippen molar-refractivity contribution in [1.29, 1.82) is 5.26 Å². The Labute approximate surface area is 128 Å². The second-order valence-corrected chi connectivity index (χ2v) is 5.82. The maximum absolute atomic E-state index is 12.3. The smallest absolute Gasteiger partial charge is 0.297 e. The summed E-state index contributed by atoms with van der Waals surface area (Å²) in [7, 11) is 1.35. The first-order valence-electron chi connectivity index (χ1n) is 6.96. The van der Waals surface area contributed by atoms with Crippen molar-refractivity contribution in [2.75, 3.05) is 12.0 Å². The van der Waals surface area contributed by atoms with Crippen LogP contribution in [0.2, 0.25) is 0 Å². The van der Waals surface area contributed by atoms with Crippen LogP contribution in [0.5, 0.6) is 0 Å². The van der Waals surface area contributed by atoms with Gasteiger partial charge in [-0.3, -0.25) is 9.69 Å². The van der Waals surface area contributed by atoms with Crippen molar-refractivity contribution in [3.63, 3.8) is 0 Å². The summed E-state index contributed by atoms with van der Waals surface area (Å²) >= 11 is 0. The number of ether oxygens (including phenoxy) is 1. The summed E-state index contributed by atoms with van der Waals surface area (Å²) in [6.45, 7) is 7.40. The van der Waals surface area contributed by atoms with E-state index in [0.29, 0.717) is 11.3 Å². The molecule has 1 aliphatic heterocycles. The molecule has 0 spiro atoms. The molecule has 1 atom stereocenters. The Hall–Kier alpha value is -2.33. The van der Waals surface area contributed by atoms with E-state index in [4.69, 9.17) is 9.26 Å². The summed E-state index contributed by atoms with van der Waals surface area (Å²) in [6, 6.07) is 2.03. The topological polar surface area (TPSA) is 99.6 Å². The average molecular weight is 305 g/mol. The van der Waals surface area contributed by atoms with Gasteiger partial charge in [-0.05, 0) is 13.3 Å². The van der Waals surface area contributed by atoms with E-state index in [2.05, 4.69) is 5.16 Å². The van der Waals surface area contributed by atoms with E-state index in [0.717, 1.165) is 11.3 Å². The van der Waals surface area contributed by atoms with Gasteiger partial charge in [0, 0.05) is 11.0 Å². The molecule has 1 amide bonds. The number of methoxy groups -OCH3 is 1. The number of anilines is 1. The second-order valence-electron chi connectivity index (χ2n) is 5.82. The van der Waals surface area contributed by atoms with Gasteiger partial charge in [0.1, 0.15) is 11.6 Å². The third kappa shape index (κ3) is 2.16. The number of amides is 1. The van der Waals surface area contributed by atoms with E-state index >= 15 is 0 Å². The zero-order chi connectivity index (χ0) is 16.7. The minimum Gasteiger partial charge on any atom is -0.491 e. The van der Waals surface area contributed by atoms with Gasteiger partial charge in [-0.2, -0.15) is 5.26 Å². The third-order valence-electron chi connectivity index (χ3n) is 4.12. The fraction of sp³-hybridized carbons (Fsp3) is 0.533. The van der Waals surface area contributed by atoms with E-state index in [9.17, 15) is 15.2 Å². The van der Waals surface area contributed by atoms with Gasteiger partial charge in [-0.15, -0.1) is 0 Å². The standard InChI is InChI=1S/C15H19N3O4/c1-6-15(3,4)11-9(7-16)12(17-22-11)18-13(19)8(2)10(21-5)14(18)20/h13,19H,6H2,1-5H3. The van der Waals surface area contributed by atoms with E-state index < -0.39 is 17.6 Å². The Kier molecular flexibility index (Phi) is 3.98. The molecule has 0 aromatic carbocycles. The first kappa shape index (κ1) is 16.0. The molecule has 22 heavy (non-hydrogen) atoms. The Morgan fingerprint density at radius 3 is 2.64 bits per heavy atom. The van der Waals surface area contributed by atoms with Crippen molar-refractivity contribution in [2.45, 2.75) is 45.8 Å². The first-order chi connectivity index (χ1) is 10.3. The number of aliphatic hydroxyl groups is 1. The van der Waals surface area contributed by atoms with E-state index in [1.54, 1.807) is 6.92 Å². The zero-order valence-electron chi connectivity index (χ0n) is 13.3. The number of aromatic nitrogens is 1. The van der Waals surface area contributed by atoms with Gasteiger partial charge in [-0.1, -0.05) is 25.9 Å². The highest BCUT2D eigenvalue weighted by molar-refractivity contribution is 6.08. The number of carbonyl (C=O) groups is 1. The van der Waals surface area contributed by atoms with Gasteiger partial charge in [0.05, 0.1) is 7.11 Å². The van der Waals surface area contributed by atoms with Crippen molar-refractivity contribution >= 4 is 11.7 Å². The molecule has 2 rings (SSSR count). The van der Waals surface area contributed by atoms with E-state index in [1.165, 1.54) is 7.11 Å². The molecule has 7 heteroatoms. The summed E-state index contributed by atoms with van der Waals surface area (Å²) in [5, 5.41) is 23.6. The third-order valence-corrected chi connectivity index (χ3v) is 4.12. The summed E-state index contributed by atoms with van der Waals surface area (Å²) in [5.74, 6) is -0.0761. The predicted octanol–water partition coefficient (Wildman–Crippen LogP) is 1.82. The van der Waals surface area contributed by atoms with Gasteiger partial charge in [0.2, 0.25) is 0 Å². The molecule has 0 saturated carbocycles. The van der Waals surface area contributed by atoms with Crippen LogP contribution in [0, 0.1) is 11.3 Å². The van der Waals surface area contributed by atoms with Crippen LogP contribution in [0.1, 0.15) is 45.4 Å². The molecule has 1 unspecified atom stereocenters.